The highest BCUT2D eigenvalue weighted by molar-refractivity contribution is 5.94. The summed E-state index contributed by atoms with van der Waals surface area (Å²) in [5.74, 6) is 0.169. The van der Waals surface area contributed by atoms with Crippen LogP contribution in [0.2, 0.25) is 0 Å². The number of rotatable bonds is 9. The Labute approximate surface area is 223 Å². The lowest BCUT2D eigenvalue weighted by atomic mass is 9.76. The van der Waals surface area contributed by atoms with E-state index >= 15 is 0 Å². The highest BCUT2D eigenvalue weighted by Gasteiger charge is 2.43. The van der Waals surface area contributed by atoms with Crippen molar-refractivity contribution < 1.29 is 19.1 Å². The van der Waals surface area contributed by atoms with Crippen molar-refractivity contribution in [1.29, 1.82) is 0 Å². The number of hydrogen-bond donors (Lipinski definition) is 1. The zero-order chi connectivity index (χ0) is 27.1. The van der Waals surface area contributed by atoms with Crippen molar-refractivity contribution in [3.05, 3.63) is 107 Å². The van der Waals surface area contributed by atoms with Crippen LogP contribution in [-0.4, -0.2) is 38.4 Å². The second-order valence-corrected chi connectivity index (χ2v) is 9.19. The lowest BCUT2D eigenvalue weighted by molar-refractivity contribution is 0.0526. The van der Waals surface area contributed by atoms with E-state index in [9.17, 15) is 9.59 Å². The molecule has 0 saturated carbocycles. The van der Waals surface area contributed by atoms with Crippen molar-refractivity contribution in [2.75, 3.05) is 25.2 Å². The van der Waals surface area contributed by atoms with Crippen LogP contribution in [0.4, 0.5) is 5.69 Å². The fourth-order valence-electron chi connectivity index (χ4n) is 4.97. The molecule has 1 N–H and O–H groups in total. The predicted octanol–water partition coefficient (Wildman–Crippen LogP) is 5.51. The minimum atomic E-state index is -0.456. The molecule has 3 aromatic rings. The number of ether oxygens (including phenoxy) is 2. The van der Waals surface area contributed by atoms with Gasteiger partial charge in [0.05, 0.1) is 19.3 Å². The third-order valence-corrected chi connectivity index (χ3v) is 6.77. The summed E-state index contributed by atoms with van der Waals surface area (Å²) in [6, 6.07) is 22.6. The first-order valence-electron chi connectivity index (χ1n) is 12.7. The van der Waals surface area contributed by atoms with E-state index in [1.54, 1.807) is 38.4 Å². The average Bonchev–Trinajstić information content (AvgIpc) is 3.17. The molecule has 3 aromatic carbocycles. The maximum atomic E-state index is 12.4. The molecular weight excluding hydrogens is 478 g/mol. The number of hydrazone groups is 1. The number of likely N-dealkylation sites (N-methyl/N-ethyl adjacent to an activating group) is 1. The van der Waals surface area contributed by atoms with E-state index in [4.69, 9.17) is 9.47 Å². The Morgan fingerprint density at radius 3 is 2.47 bits per heavy atom. The normalized spacial score (nSPS) is 17.5. The summed E-state index contributed by atoms with van der Waals surface area (Å²) in [5.41, 5.74) is 7.45. The van der Waals surface area contributed by atoms with Gasteiger partial charge < -0.3 is 14.4 Å². The molecule has 0 spiro atoms. The maximum Gasteiger partial charge on any atom is 0.338 e. The Morgan fingerprint density at radius 2 is 1.76 bits per heavy atom. The molecule has 196 valence electrons. The number of amides is 1. The van der Waals surface area contributed by atoms with Crippen molar-refractivity contribution in [3.63, 3.8) is 0 Å². The number of fused-ring (bicyclic) bond motifs is 1. The Morgan fingerprint density at radius 1 is 1.00 bits per heavy atom. The van der Waals surface area contributed by atoms with Crippen molar-refractivity contribution in [3.8, 4) is 5.75 Å². The quantitative estimate of drug-likeness (QED) is 0.233. The molecular formula is C31H33N3O4. The average molecular weight is 512 g/mol. The third-order valence-electron chi connectivity index (χ3n) is 6.77. The smallest absolute Gasteiger partial charge is 0.338 e. The van der Waals surface area contributed by atoms with Gasteiger partial charge in [-0.05, 0) is 86.9 Å². The Hall–Kier alpha value is -4.39. The molecule has 1 aliphatic heterocycles. The fourth-order valence-corrected chi connectivity index (χ4v) is 4.97. The zero-order valence-electron chi connectivity index (χ0n) is 22.2. The summed E-state index contributed by atoms with van der Waals surface area (Å²) in [5, 5.41) is 4.19. The summed E-state index contributed by atoms with van der Waals surface area (Å²) in [7, 11) is 1.66. The number of carbonyl (C=O) groups excluding carboxylic acids is 2. The van der Waals surface area contributed by atoms with Crippen LogP contribution in [0, 0.1) is 0 Å². The molecule has 1 unspecified atom stereocenters. The third kappa shape index (κ3) is 5.47. The molecule has 7 heteroatoms. The molecule has 38 heavy (non-hydrogen) atoms. The molecule has 1 amide bonds. The fraction of sp³-hybridized carbons (Fsp3) is 0.258. The van der Waals surface area contributed by atoms with Gasteiger partial charge in [0.1, 0.15) is 5.75 Å². The van der Waals surface area contributed by atoms with Gasteiger partial charge >= 0.3 is 5.97 Å². The van der Waals surface area contributed by atoms with Crippen LogP contribution in [0.15, 0.2) is 89.7 Å². The van der Waals surface area contributed by atoms with Gasteiger partial charge in [-0.25, -0.2) is 10.2 Å². The number of esters is 1. The van der Waals surface area contributed by atoms with E-state index < -0.39 is 5.41 Å². The van der Waals surface area contributed by atoms with Crippen molar-refractivity contribution >= 4 is 23.8 Å². The molecule has 0 saturated heterocycles. The number of nitrogens with one attached hydrogen (secondary N) is 1. The van der Waals surface area contributed by atoms with Crippen molar-refractivity contribution in [2.45, 2.75) is 32.6 Å². The van der Waals surface area contributed by atoms with Gasteiger partial charge in [0.25, 0.3) is 5.91 Å². The first kappa shape index (κ1) is 26.7. The van der Waals surface area contributed by atoms with Crippen LogP contribution >= 0.6 is 0 Å². The molecule has 0 fully saturated rings. The van der Waals surface area contributed by atoms with Gasteiger partial charge in [0.15, 0.2) is 0 Å². The first-order valence-corrected chi connectivity index (χ1v) is 12.7. The van der Waals surface area contributed by atoms with Gasteiger partial charge in [-0.1, -0.05) is 30.3 Å². The Balaban J connectivity index is 1.70. The molecule has 0 aliphatic carbocycles. The van der Waals surface area contributed by atoms with Gasteiger partial charge in [0.2, 0.25) is 0 Å². The van der Waals surface area contributed by atoms with Crippen molar-refractivity contribution in [2.24, 2.45) is 5.10 Å². The molecule has 7 nitrogen and oxygen atoms in total. The molecule has 1 heterocycles. The van der Waals surface area contributed by atoms with E-state index in [0.717, 1.165) is 34.8 Å². The number of nitrogens with zero attached hydrogens (tertiary/aromatic N) is 2. The molecule has 0 bridgehead atoms. The van der Waals surface area contributed by atoms with E-state index in [1.165, 1.54) is 0 Å². The standard InChI is InChI=1S/C31H33N3O4/c1-5-34-27-16-15-25(37-4)20-26(27)31(3,21-22-11-10-14-24(19-22)30(36)38-6-2)28(34)17-18-32-33-29(35)23-12-8-7-9-13-23/h7-20H,5-6,21H2,1-4H3,(H,33,35)/b28-17-,32-18+. The summed E-state index contributed by atoms with van der Waals surface area (Å²) in [6.45, 7) is 7.15. The predicted molar refractivity (Wildman–Crippen MR) is 150 cm³/mol. The van der Waals surface area contributed by atoms with Gasteiger partial charge in [-0.2, -0.15) is 5.10 Å². The van der Waals surface area contributed by atoms with Crippen LogP contribution < -0.4 is 15.1 Å². The Bertz CT molecular complexity index is 1370. The topological polar surface area (TPSA) is 80.2 Å². The summed E-state index contributed by atoms with van der Waals surface area (Å²) >= 11 is 0. The lowest BCUT2D eigenvalue weighted by Gasteiger charge is -2.30. The second-order valence-electron chi connectivity index (χ2n) is 9.19. The summed E-state index contributed by atoms with van der Waals surface area (Å²) in [6.07, 6.45) is 4.19. The summed E-state index contributed by atoms with van der Waals surface area (Å²) in [4.78, 5) is 27.0. The Kier molecular flexibility index (Phi) is 8.26. The zero-order valence-corrected chi connectivity index (χ0v) is 22.2. The number of benzene rings is 3. The van der Waals surface area contributed by atoms with Crippen LogP contribution in [0.5, 0.6) is 5.75 Å². The van der Waals surface area contributed by atoms with E-state index in [-0.39, 0.29) is 11.9 Å². The monoisotopic (exact) mass is 511 g/mol. The maximum absolute atomic E-state index is 12.4. The van der Waals surface area contributed by atoms with Gasteiger partial charge in [0, 0.05) is 35.1 Å². The molecule has 0 radical (unpaired) electrons. The number of anilines is 1. The highest BCUT2D eigenvalue weighted by atomic mass is 16.5. The number of hydrogen-bond acceptors (Lipinski definition) is 6. The van der Waals surface area contributed by atoms with Crippen LogP contribution in [-0.2, 0) is 16.6 Å². The molecule has 4 rings (SSSR count). The molecule has 1 atom stereocenters. The first-order chi connectivity index (χ1) is 18.4. The summed E-state index contributed by atoms with van der Waals surface area (Å²) < 4.78 is 10.8. The lowest BCUT2D eigenvalue weighted by Crippen LogP contribution is -2.31. The van der Waals surface area contributed by atoms with Crippen LogP contribution in [0.25, 0.3) is 0 Å². The van der Waals surface area contributed by atoms with E-state index in [2.05, 4.69) is 41.4 Å². The number of allylic oxidation sites excluding steroid dienone is 2. The minimum absolute atomic E-state index is 0.273. The molecule has 1 aliphatic rings. The SMILES string of the molecule is CCOC(=O)c1cccc(CC2(C)/C(=C/C=N/NC(=O)c3ccccc3)N(CC)c3ccc(OC)cc32)c1. The van der Waals surface area contributed by atoms with Gasteiger partial charge in [-0.15, -0.1) is 0 Å². The minimum Gasteiger partial charge on any atom is -0.497 e. The van der Waals surface area contributed by atoms with Crippen LogP contribution in [0.1, 0.15) is 52.6 Å². The van der Waals surface area contributed by atoms with Crippen molar-refractivity contribution in [1.82, 2.24) is 5.43 Å². The molecule has 0 aromatic heterocycles. The van der Waals surface area contributed by atoms with E-state index in [1.807, 2.05) is 48.5 Å². The largest absolute Gasteiger partial charge is 0.497 e. The second kappa shape index (κ2) is 11.8. The number of methoxy groups -OCH3 is 1. The van der Waals surface area contributed by atoms with Crippen LogP contribution in [0.3, 0.4) is 0 Å². The number of carbonyl (C=O) groups is 2. The van der Waals surface area contributed by atoms with Gasteiger partial charge in [-0.3, -0.25) is 4.79 Å². The van der Waals surface area contributed by atoms with E-state index in [0.29, 0.717) is 24.2 Å². The highest BCUT2D eigenvalue weighted by Crippen LogP contribution is 2.50.